The molecule has 0 radical (unpaired) electrons. The Morgan fingerprint density at radius 2 is 1.90 bits per heavy atom. The van der Waals surface area contributed by atoms with E-state index in [2.05, 4.69) is 12.2 Å². The van der Waals surface area contributed by atoms with E-state index in [0.29, 0.717) is 12.2 Å². The fraction of sp³-hybridized carbons (Fsp3) is 0.235. The van der Waals surface area contributed by atoms with Crippen LogP contribution in [0, 0.1) is 0 Å². The Kier molecular flexibility index (Phi) is 4.77. The molecular formula is C17H19NO2. The van der Waals surface area contributed by atoms with Gasteiger partial charge in [0, 0.05) is 11.7 Å². The third kappa shape index (κ3) is 3.60. The Morgan fingerprint density at radius 1 is 1.15 bits per heavy atom. The second-order valence-electron chi connectivity index (χ2n) is 4.58. The molecule has 1 atom stereocenters. The van der Waals surface area contributed by atoms with Crippen molar-refractivity contribution in [3.05, 3.63) is 65.7 Å². The van der Waals surface area contributed by atoms with Gasteiger partial charge in [-0.05, 0) is 43.7 Å². The molecule has 2 aromatic carbocycles. The second-order valence-corrected chi connectivity index (χ2v) is 4.58. The first-order valence-corrected chi connectivity index (χ1v) is 6.79. The van der Waals surface area contributed by atoms with E-state index in [1.54, 1.807) is 13.0 Å². The highest BCUT2D eigenvalue weighted by atomic mass is 16.5. The molecule has 0 saturated carbocycles. The van der Waals surface area contributed by atoms with E-state index in [1.165, 1.54) is 0 Å². The van der Waals surface area contributed by atoms with Crippen LogP contribution in [0.4, 0.5) is 5.69 Å². The number of carbonyl (C=O) groups is 1. The molecule has 20 heavy (non-hydrogen) atoms. The molecule has 104 valence electrons. The number of esters is 1. The molecule has 3 nitrogen and oxygen atoms in total. The number of rotatable bonds is 5. The zero-order chi connectivity index (χ0) is 14.4. The molecule has 3 heteroatoms. The van der Waals surface area contributed by atoms with E-state index >= 15 is 0 Å². The number of para-hydroxylation sites is 1. The molecule has 1 N–H and O–H groups in total. The summed E-state index contributed by atoms with van der Waals surface area (Å²) in [6, 6.07) is 17.7. The van der Waals surface area contributed by atoms with E-state index in [-0.39, 0.29) is 12.0 Å². The van der Waals surface area contributed by atoms with Crippen LogP contribution in [0.1, 0.15) is 35.8 Å². The monoisotopic (exact) mass is 269 g/mol. The van der Waals surface area contributed by atoms with Crippen molar-refractivity contribution in [3.8, 4) is 0 Å². The third-order valence-corrected chi connectivity index (χ3v) is 3.05. The molecule has 0 amide bonds. The fourth-order valence-electron chi connectivity index (χ4n) is 2.02. The van der Waals surface area contributed by atoms with Crippen molar-refractivity contribution < 1.29 is 9.53 Å². The Bertz CT molecular complexity index is 566. The van der Waals surface area contributed by atoms with Crippen molar-refractivity contribution >= 4 is 11.7 Å². The van der Waals surface area contributed by atoms with Crippen LogP contribution >= 0.6 is 0 Å². The minimum absolute atomic E-state index is 0.117. The summed E-state index contributed by atoms with van der Waals surface area (Å²) in [6.45, 7) is 4.26. The number of benzene rings is 2. The number of nitrogens with one attached hydrogen (secondary N) is 1. The minimum atomic E-state index is -0.277. The molecule has 0 heterocycles. The van der Waals surface area contributed by atoms with Crippen LogP contribution in [0.3, 0.4) is 0 Å². The first-order valence-electron chi connectivity index (χ1n) is 6.79. The summed E-state index contributed by atoms with van der Waals surface area (Å²) < 4.78 is 5.02. The topological polar surface area (TPSA) is 38.3 Å². The van der Waals surface area contributed by atoms with Gasteiger partial charge in [-0.15, -0.1) is 0 Å². The maximum atomic E-state index is 11.7. The van der Waals surface area contributed by atoms with Gasteiger partial charge < -0.3 is 10.1 Å². The van der Waals surface area contributed by atoms with Gasteiger partial charge in [-0.2, -0.15) is 0 Å². The lowest BCUT2D eigenvalue weighted by Gasteiger charge is -2.16. The van der Waals surface area contributed by atoms with Gasteiger partial charge in [0.15, 0.2) is 0 Å². The number of carbonyl (C=O) groups excluding carboxylic acids is 1. The quantitative estimate of drug-likeness (QED) is 0.833. The number of hydrogen-bond donors (Lipinski definition) is 1. The first kappa shape index (κ1) is 14.1. The van der Waals surface area contributed by atoms with Crippen LogP contribution in [0.25, 0.3) is 0 Å². The summed E-state index contributed by atoms with van der Waals surface area (Å²) in [5.74, 6) is -0.277. The van der Waals surface area contributed by atoms with Crippen LogP contribution < -0.4 is 5.32 Å². The lowest BCUT2D eigenvalue weighted by Crippen LogP contribution is -2.09. The van der Waals surface area contributed by atoms with Crippen LogP contribution in [0.5, 0.6) is 0 Å². The molecule has 2 aromatic rings. The molecule has 0 aliphatic heterocycles. The molecular weight excluding hydrogens is 250 g/mol. The predicted molar refractivity (Wildman–Crippen MR) is 80.9 cm³/mol. The van der Waals surface area contributed by atoms with Gasteiger partial charge in [0.2, 0.25) is 0 Å². The van der Waals surface area contributed by atoms with Crippen LogP contribution in [0.2, 0.25) is 0 Å². The fourth-order valence-corrected chi connectivity index (χ4v) is 2.02. The predicted octanol–water partition coefficient (Wildman–Crippen LogP) is 4.04. The van der Waals surface area contributed by atoms with Gasteiger partial charge in [-0.25, -0.2) is 4.79 Å². The molecule has 0 bridgehead atoms. The van der Waals surface area contributed by atoms with Crippen LogP contribution in [-0.4, -0.2) is 12.6 Å². The molecule has 2 rings (SSSR count). The van der Waals surface area contributed by atoms with E-state index in [9.17, 15) is 4.79 Å². The number of hydrogen-bond acceptors (Lipinski definition) is 3. The van der Waals surface area contributed by atoms with Crippen molar-refractivity contribution in [1.82, 2.24) is 0 Å². The summed E-state index contributed by atoms with van der Waals surface area (Å²) in [5.41, 5.74) is 2.70. The molecule has 0 saturated heterocycles. The van der Waals surface area contributed by atoms with Gasteiger partial charge in [0.05, 0.1) is 12.2 Å². The third-order valence-electron chi connectivity index (χ3n) is 3.05. The van der Waals surface area contributed by atoms with E-state index in [4.69, 9.17) is 4.74 Å². The number of anilines is 1. The van der Waals surface area contributed by atoms with Crippen molar-refractivity contribution in [2.45, 2.75) is 19.9 Å². The van der Waals surface area contributed by atoms with Crippen LogP contribution in [0.15, 0.2) is 54.6 Å². The normalized spacial score (nSPS) is 11.7. The summed E-state index contributed by atoms with van der Waals surface area (Å²) in [6.07, 6.45) is 0. The zero-order valence-electron chi connectivity index (χ0n) is 11.8. The molecule has 0 unspecified atom stereocenters. The lowest BCUT2D eigenvalue weighted by molar-refractivity contribution is 0.0526. The molecule has 0 aliphatic rings. The Balaban J connectivity index is 2.12. The van der Waals surface area contributed by atoms with Crippen molar-refractivity contribution in [2.24, 2.45) is 0 Å². The minimum Gasteiger partial charge on any atom is -0.462 e. The highest BCUT2D eigenvalue weighted by Gasteiger charge is 2.10. The highest BCUT2D eigenvalue weighted by molar-refractivity contribution is 5.89. The van der Waals surface area contributed by atoms with E-state index in [0.717, 1.165) is 11.3 Å². The van der Waals surface area contributed by atoms with Gasteiger partial charge >= 0.3 is 5.97 Å². The van der Waals surface area contributed by atoms with Crippen molar-refractivity contribution in [1.29, 1.82) is 0 Å². The molecule has 0 spiro atoms. The maximum Gasteiger partial charge on any atom is 0.338 e. The van der Waals surface area contributed by atoms with Crippen molar-refractivity contribution in [2.75, 3.05) is 11.9 Å². The maximum absolute atomic E-state index is 11.7. The standard InChI is InChI=1S/C17H19NO2/c1-3-20-17(19)15-9-7-8-14(12-15)13(2)18-16-10-5-4-6-11-16/h4-13,18H,3H2,1-2H3/t13-/m0/s1. The highest BCUT2D eigenvalue weighted by Crippen LogP contribution is 2.20. The first-order chi connectivity index (χ1) is 9.70. The Morgan fingerprint density at radius 3 is 2.60 bits per heavy atom. The summed E-state index contributed by atoms with van der Waals surface area (Å²) in [7, 11) is 0. The van der Waals surface area contributed by atoms with Crippen molar-refractivity contribution in [3.63, 3.8) is 0 Å². The van der Waals surface area contributed by atoms with E-state index in [1.807, 2.05) is 48.5 Å². The summed E-state index contributed by atoms with van der Waals surface area (Å²) >= 11 is 0. The van der Waals surface area contributed by atoms with Gasteiger partial charge in [-0.1, -0.05) is 30.3 Å². The van der Waals surface area contributed by atoms with Gasteiger partial charge in [0.25, 0.3) is 0 Å². The Hall–Kier alpha value is -2.29. The van der Waals surface area contributed by atoms with Crippen LogP contribution in [-0.2, 0) is 4.74 Å². The zero-order valence-corrected chi connectivity index (χ0v) is 11.8. The number of ether oxygens (including phenoxy) is 1. The van der Waals surface area contributed by atoms with Gasteiger partial charge in [0.1, 0.15) is 0 Å². The second kappa shape index (κ2) is 6.75. The summed E-state index contributed by atoms with van der Waals surface area (Å²) in [5, 5.41) is 3.40. The molecule has 0 fully saturated rings. The van der Waals surface area contributed by atoms with Gasteiger partial charge in [-0.3, -0.25) is 0 Å². The molecule has 0 aromatic heterocycles. The van der Waals surface area contributed by atoms with E-state index < -0.39 is 0 Å². The Labute approximate surface area is 119 Å². The smallest absolute Gasteiger partial charge is 0.338 e. The average Bonchev–Trinajstić information content (AvgIpc) is 2.48. The largest absolute Gasteiger partial charge is 0.462 e. The molecule has 0 aliphatic carbocycles. The average molecular weight is 269 g/mol. The SMILES string of the molecule is CCOC(=O)c1cccc([C@H](C)Nc2ccccc2)c1. The lowest BCUT2D eigenvalue weighted by atomic mass is 10.0. The summed E-state index contributed by atoms with van der Waals surface area (Å²) in [4.78, 5) is 11.7.